The first kappa shape index (κ1) is 49.0. The van der Waals surface area contributed by atoms with Crippen LogP contribution >= 0.6 is 0 Å². The molecular formula is C33H49N5O14S2. The molecule has 0 spiro atoms. The lowest BCUT2D eigenvalue weighted by atomic mass is 9.94. The summed E-state index contributed by atoms with van der Waals surface area (Å²) in [5.41, 5.74) is 16.9. The summed E-state index contributed by atoms with van der Waals surface area (Å²) in [6.45, 7) is 1.62. The zero-order valence-corrected chi connectivity index (χ0v) is 31.1. The second kappa shape index (κ2) is 24.3. The molecule has 0 saturated heterocycles. The van der Waals surface area contributed by atoms with E-state index in [9.17, 15) is 26.7 Å². The number of nitrogen functional groups attached to an aromatic ring is 2. The zero-order chi connectivity index (χ0) is 41.5. The number of aliphatic hydroxyl groups excluding tert-OH is 2. The molecule has 3 aromatic carbocycles. The molecule has 0 bridgehead atoms. The van der Waals surface area contributed by atoms with Gasteiger partial charge in [-0.3, -0.25) is 24.7 Å². The summed E-state index contributed by atoms with van der Waals surface area (Å²) in [5, 5.41) is 57.4. The molecule has 0 aliphatic rings. The number of hydrogen-bond acceptors (Lipinski definition) is 14. The summed E-state index contributed by atoms with van der Waals surface area (Å²) in [5.74, 6) is -1.11. The van der Waals surface area contributed by atoms with Gasteiger partial charge < -0.3 is 52.2 Å². The average molecular weight is 804 g/mol. The SMILES string of the molecule is CC(N)(Cc1ccc(O)c(O)c1)C(=O)O.N=C(N)c1ccc(OCCCCCOc2ccc(C(=N)N)cc2)cc1.O=S(=O)(O)CCO.O=S(=O)(O)CCO. The highest BCUT2D eigenvalue weighted by Gasteiger charge is 2.28. The van der Waals surface area contributed by atoms with Crippen LogP contribution in [-0.2, 0) is 31.5 Å². The van der Waals surface area contributed by atoms with Gasteiger partial charge in [-0.05, 0) is 92.4 Å². The van der Waals surface area contributed by atoms with E-state index in [1.807, 2.05) is 24.3 Å². The molecule has 3 aromatic rings. The van der Waals surface area contributed by atoms with Crippen LogP contribution in [0.3, 0.4) is 0 Å². The van der Waals surface area contributed by atoms with Crippen molar-refractivity contribution in [1.29, 1.82) is 10.8 Å². The molecule has 0 radical (unpaired) electrons. The van der Waals surface area contributed by atoms with Gasteiger partial charge in [-0.2, -0.15) is 16.8 Å². The van der Waals surface area contributed by atoms with Crippen LogP contribution in [0.5, 0.6) is 23.0 Å². The fourth-order valence-corrected chi connectivity index (χ4v) is 4.09. The maximum atomic E-state index is 10.7. The average Bonchev–Trinajstić information content (AvgIpc) is 3.06. The number of phenols is 2. The van der Waals surface area contributed by atoms with Crippen molar-refractivity contribution in [2.75, 3.05) is 37.9 Å². The minimum atomic E-state index is -3.92. The van der Waals surface area contributed by atoms with Gasteiger partial charge in [0.1, 0.15) is 28.7 Å². The quantitative estimate of drug-likeness (QED) is 0.0298. The number of carboxylic acids is 1. The molecule has 1 unspecified atom stereocenters. The number of ether oxygens (including phenoxy) is 2. The number of rotatable bonds is 17. The van der Waals surface area contributed by atoms with Crippen LogP contribution in [0, 0.1) is 10.8 Å². The van der Waals surface area contributed by atoms with Gasteiger partial charge in [0.2, 0.25) is 0 Å². The molecule has 0 amide bonds. The number of benzene rings is 3. The third-order valence-corrected chi connectivity index (χ3v) is 7.85. The zero-order valence-electron chi connectivity index (χ0n) is 29.5. The van der Waals surface area contributed by atoms with Crippen LogP contribution in [0.25, 0.3) is 0 Å². The van der Waals surface area contributed by atoms with E-state index >= 15 is 0 Å². The van der Waals surface area contributed by atoms with E-state index in [1.165, 1.54) is 25.1 Å². The van der Waals surface area contributed by atoms with Gasteiger partial charge in [0.15, 0.2) is 11.5 Å². The molecule has 0 aliphatic heterocycles. The Labute approximate surface area is 313 Å². The van der Waals surface area contributed by atoms with E-state index in [2.05, 4.69) is 0 Å². The Balaban J connectivity index is 0.000000814. The Morgan fingerprint density at radius 1 is 0.704 bits per heavy atom. The molecular weight excluding hydrogens is 755 g/mol. The summed E-state index contributed by atoms with van der Waals surface area (Å²) >= 11 is 0. The Morgan fingerprint density at radius 3 is 1.37 bits per heavy atom. The lowest BCUT2D eigenvalue weighted by molar-refractivity contribution is -0.142. The fraction of sp³-hybridized carbons (Fsp3) is 0.364. The van der Waals surface area contributed by atoms with Crippen LogP contribution < -0.4 is 26.7 Å². The standard InChI is InChI=1S/C19H24N4O2.C10H13NO4.2C2H6O4S/c20-18(21)14-4-8-16(9-5-14)24-12-2-1-3-13-25-17-10-6-15(7-11-17)19(22)23;1-10(11,9(14)15)5-6-2-3-7(12)8(13)4-6;2*3-1-2-7(4,5)6/h4-11H,1-3,12-13H2,(H3,20,21)(H3,22,23);2-4,12-13H,5,11H2,1H3,(H,14,15);2*3H,1-2H2,(H,4,5,6). The van der Waals surface area contributed by atoms with Crippen molar-refractivity contribution in [3.8, 4) is 23.0 Å². The minimum absolute atomic E-state index is 0.0579. The topological polar surface area (TPSA) is 371 Å². The predicted molar refractivity (Wildman–Crippen MR) is 200 cm³/mol. The van der Waals surface area contributed by atoms with Crippen LogP contribution in [-0.4, -0.2) is 113 Å². The normalized spacial score (nSPS) is 11.8. The maximum absolute atomic E-state index is 10.7. The largest absolute Gasteiger partial charge is 0.504 e. The minimum Gasteiger partial charge on any atom is -0.504 e. The molecule has 1 atom stereocenters. The van der Waals surface area contributed by atoms with Gasteiger partial charge in [0.25, 0.3) is 20.2 Å². The van der Waals surface area contributed by atoms with Gasteiger partial charge in [0, 0.05) is 17.5 Å². The molecule has 19 nitrogen and oxygen atoms in total. The van der Waals surface area contributed by atoms with E-state index in [4.69, 9.17) is 67.0 Å². The number of carboxylic acid groups (broad SMARTS) is 1. The van der Waals surface area contributed by atoms with Crippen molar-refractivity contribution in [1.82, 2.24) is 0 Å². The van der Waals surface area contributed by atoms with Gasteiger partial charge in [-0.25, -0.2) is 0 Å². The van der Waals surface area contributed by atoms with Gasteiger partial charge >= 0.3 is 5.97 Å². The van der Waals surface area contributed by atoms with Gasteiger partial charge in [-0.15, -0.1) is 0 Å². The van der Waals surface area contributed by atoms with E-state index in [-0.39, 0.29) is 29.6 Å². The first-order valence-electron chi connectivity index (χ1n) is 15.8. The number of nitrogens with two attached hydrogens (primary N) is 3. The number of aromatic hydroxyl groups is 2. The lowest BCUT2D eigenvalue weighted by Crippen LogP contribution is -2.46. The number of aliphatic carboxylic acids is 1. The highest BCUT2D eigenvalue weighted by Crippen LogP contribution is 2.26. The first-order valence-corrected chi connectivity index (χ1v) is 19.0. The lowest BCUT2D eigenvalue weighted by Gasteiger charge is -2.19. The molecule has 15 N–H and O–H groups in total. The molecule has 54 heavy (non-hydrogen) atoms. The second-order valence-corrected chi connectivity index (χ2v) is 14.5. The van der Waals surface area contributed by atoms with Crippen molar-refractivity contribution >= 4 is 37.9 Å². The first-order chi connectivity index (χ1) is 25.0. The highest BCUT2D eigenvalue weighted by molar-refractivity contribution is 7.86. The van der Waals surface area contributed by atoms with Gasteiger partial charge in [0.05, 0.1) is 37.9 Å². The molecule has 0 heterocycles. The Bertz CT molecular complexity index is 1730. The monoisotopic (exact) mass is 803 g/mol. The Kier molecular flexibility index (Phi) is 22.1. The fourth-order valence-electron chi connectivity index (χ4n) is 3.63. The van der Waals surface area contributed by atoms with E-state index in [1.54, 1.807) is 24.3 Å². The van der Waals surface area contributed by atoms with Gasteiger partial charge in [-0.1, -0.05) is 6.07 Å². The molecule has 21 heteroatoms. The van der Waals surface area contributed by atoms with E-state index in [0.29, 0.717) is 29.9 Å². The summed E-state index contributed by atoms with van der Waals surface area (Å²) < 4.78 is 65.5. The number of unbranched alkanes of at least 4 members (excludes halogenated alkanes) is 2. The van der Waals surface area contributed by atoms with E-state index in [0.717, 1.165) is 30.8 Å². The second-order valence-electron chi connectivity index (χ2n) is 11.4. The number of amidine groups is 2. The number of nitrogens with one attached hydrogen (secondary N) is 2. The summed E-state index contributed by atoms with van der Waals surface area (Å²) in [7, 11) is -7.85. The van der Waals surface area contributed by atoms with Crippen molar-refractivity contribution in [3.05, 3.63) is 83.4 Å². The van der Waals surface area contributed by atoms with Crippen molar-refractivity contribution in [2.45, 2.75) is 38.1 Å². The molecule has 0 aliphatic carbocycles. The third-order valence-electron chi connectivity index (χ3n) is 6.45. The third kappa shape index (κ3) is 23.5. The van der Waals surface area contributed by atoms with Crippen molar-refractivity contribution < 1.29 is 65.7 Å². The van der Waals surface area contributed by atoms with Crippen molar-refractivity contribution in [2.24, 2.45) is 17.2 Å². The molecule has 0 fully saturated rings. The predicted octanol–water partition coefficient (Wildman–Crippen LogP) is 1.06. The smallest absolute Gasteiger partial charge is 0.323 e. The van der Waals surface area contributed by atoms with Crippen LogP contribution in [0.4, 0.5) is 0 Å². The van der Waals surface area contributed by atoms with E-state index < -0.39 is 56.5 Å². The summed E-state index contributed by atoms with van der Waals surface area (Å²) in [6, 6.07) is 18.5. The summed E-state index contributed by atoms with van der Waals surface area (Å²) in [4.78, 5) is 10.7. The number of phenolic OH excluding ortho intramolecular Hbond substituents is 2. The number of hydrogen-bond donors (Lipinski definition) is 12. The molecule has 0 saturated carbocycles. The maximum Gasteiger partial charge on any atom is 0.323 e. The van der Waals surface area contributed by atoms with Crippen molar-refractivity contribution in [3.63, 3.8) is 0 Å². The summed E-state index contributed by atoms with van der Waals surface area (Å²) in [6.07, 6.45) is 2.98. The molecule has 0 aromatic heterocycles. The molecule has 3 rings (SSSR count). The number of aliphatic hydroxyl groups is 2. The Morgan fingerprint density at radius 2 is 1.09 bits per heavy atom. The highest BCUT2D eigenvalue weighted by atomic mass is 32.2. The van der Waals surface area contributed by atoms with Crippen LogP contribution in [0.1, 0.15) is 42.9 Å². The van der Waals surface area contributed by atoms with Crippen LogP contribution in [0.2, 0.25) is 0 Å². The Hall–Kier alpha value is -5.03. The van der Waals surface area contributed by atoms with Crippen LogP contribution in [0.15, 0.2) is 66.7 Å². The number of carbonyl (C=O) groups is 1. The molecule has 302 valence electrons.